The van der Waals surface area contributed by atoms with Crippen molar-refractivity contribution in [3.63, 3.8) is 0 Å². The van der Waals surface area contributed by atoms with Crippen molar-refractivity contribution in [2.45, 2.75) is 19.8 Å². The highest BCUT2D eigenvalue weighted by atomic mass is 127. The van der Waals surface area contributed by atoms with Gasteiger partial charge in [0.15, 0.2) is 11.5 Å². The molecule has 4 rings (SSSR count). The molecule has 3 aromatic rings. The van der Waals surface area contributed by atoms with Gasteiger partial charge in [0.2, 0.25) is 0 Å². The quantitative estimate of drug-likeness (QED) is 0.394. The topological polar surface area (TPSA) is 128 Å². The molecular formula is C18H22IN9O2. The first-order chi connectivity index (χ1) is 14.6. The monoisotopic (exact) mass is 523 g/mol. The summed E-state index contributed by atoms with van der Waals surface area (Å²) >= 11 is 2.11. The number of aromatic nitrogens is 6. The van der Waals surface area contributed by atoms with Crippen molar-refractivity contribution in [3.05, 3.63) is 22.4 Å². The van der Waals surface area contributed by atoms with Gasteiger partial charge in [-0.25, -0.2) is 24.7 Å². The zero-order valence-electron chi connectivity index (χ0n) is 16.5. The standard InChI is InChI=1S/C18H22IN9O2/c1-2-3-8-30-18(29)27-6-4-26(5-7-27)12-9-13(22-10-21-12)28-17-14(15(19)25-28)16(20)23-11-24-17/h9-11H,2-8H2,1H3,(H2,20,23,24). The van der Waals surface area contributed by atoms with Gasteiger partial charge in [-0.15, -0.1) is 0 Å². The summed E-state index contributed by atoms with van der Waals surface area (Å²) in [6.45, 7) is 5.01. The molecule has 1 amide bonds. The van der Waals surface area contributed by atoms with Gasteiger partial charge in [-0.3, -0.25) is 0 Å². The lowest BCUT2D eigenvalue weighted by molar-refractivity contribution is 0.0989. The maximum absolute atomic E-state index is 12.1. The highest BCUT2D eigenvalue weighted by Crippen LogP contribution is 2.25. The van der Waals surface area contributed by atoms with Crippen molar-refractivity contribution in [2.75, 3.05) is 43.4 Å². The largest absolute Gasteiger partial charge is 0.449 e. The van der Waals surface area contributed by atoms with E-state index in [1.165, 1.54) is 12.7 Å². The maximum atomic E-state index is 12.1. The average Bonchev–Trinajstić information content (AvgIpc) is 3.12. The molecule has 11 nitrogen and oxygen atoms in total. The third-order valence-corrected chi connectivity index (χ3v) is 5.65. The van der Waals surface area contributed by atoms with Gasteiger partial charge in [0.1, 0.15) is 28.0 Å². The van der Waals surface area contributed by atoms with Gasteiger partial charge in [0.05, 0.1) is 12.0 Å². The van der Waals surface area contributed by atoms with Crippen LogP contribution in [0.3, 0.4) is 0 Å². The molecule has 0 saturated carbocycles. The van der Waals surface area contributed by atoms with Gasteiger partial charge >= 0.3 is 6.09 Å². The molecular weight excluding hydrogens is 501 g/mol. The van der Waals surface area contributed by atoms with Gasteiger partial charge in [-0.2, -0.15) is 9.78 Å². The van der Waals surface area contributed by atoms with Crippen LogP contribution in [0, 0.1) is 3.70 Å². The number of amides is 1. The Balaban J connectivity index is 1.49. The van der Waals surface area contributed by atoms with E-state index in [9.17, 15) is 4.79 Å². The molecule has 4 heterocycles. The Kier molecular flexibility index (Phi) is 6.11. The number of anilines is 2. The molecule has 3 aromatic heterocycles. The normalized spacial score (nSPS) is 14.3. The van der Waals surface area contributed by atoms with E-state index in [1.54, 1.807) is 9.58 Å². The van der Waals surface area contributed by atoms with Crippen LogP contribution in [-0.2, 0) is 4.74 Å². The molecule has 0 bridgehead atoms. The number of fused-ring (bicyclic) bond motifs is 1. The number of carbonyl (C=O) groups is 1. The summed E-state index contributed by atoms with van der Waals surface area (Å²) in [7, 11) is 0. The minimum atomic E-state index is -0.249. The predicted octanol–water partition coefficient (Wildman–Crippen LogP) is 1.85. The number of hydrogen-bond acceptors (Lipinski definition) is 9. The Morgan fingerprint density at radius 1 is 1.13 bits per heavy atom. The van der Waals surface area contributed by atoms with Crippen LogP contribution in [0.25, 0.3) is 16.9 Å². The number of unbranched alkanes of at least 4 members (excludes halogenated alkanes) is 1. The molecule has 0 atom stereocenters. The van der Waals surface area contributed by atoms with Crippen LogP contribution in [0.4, 0.5) is 16.4 Å². The molecule has 0 spiro atoms. The molecule has 1 aliphatic rings. The summed E-state index contributed by atoms with van der Waals surface area (Å²) in [6, 6.07) is 1.86. The molecule has 0 radical (unpaired) electrons. The maximum Gasteiger partial charge on any atom is 0.409 e. The van der Waals surface area contributed by atoms with E-state index in [0.717, 1.165) is 18.7 Å². The fourth-order valence-corrected chi connectivity index (χ4v) is 3.97. The van der Waals surface area contributed by atoms with Gasteiger partial charge in [0, 0.05) is 32.2 Å². The first kappa shape index (κ1) is 20.5. The van der Waals surface area contributed by atoms with Gasteiger partial charge < -0.3 is 20.3 Å². The van der Waals surface area contributed by atoms with Crippen molar-refractivity contribution in [3.8, 4) is 5.82 Å². The summed E-state index contributed by atoms with van der Waals surface area (Å²) in [5.41, 5.74) is 6.57. The Morgan fingerprint density at radius 3 is 2.63 bits per heavy atom. The number of nitrogens with two attached hydrogens (primary N) is 1. The first-order valence-corrected chi connectivity index (χ1v) is 10.8. The minimum absolute atomic E-state index is 0.249. The molecule has 0 unspecified atom stereocenters. The highest BCUT2D eigenvalue weighted by Gasteiger charge is 2.24. The number of rotatable bonds is 5. The van der Waals surface area contributed by atoms with Crippen LogP contribution >= 0.6 is 22.6 Å². The minimum Gasteiger partial charge on any atom is -0.449 e. The first-order valence-electron chi connectivity index (χ1n) is 9.72. The lowest BCUT2D eigenvalue weighted by Gasteiger charge is -2.34. The Bertz CT molecular complexity index is 1050. The van der Waals surface area contributed by atoms with Crippen LogP contribution in [0.2, 0.25) is 0 Å². The Labute approximate surface area is 186 Å². The fraction of sp³-hybridized carbons (Fsp3) is 0.444. The fourth-order valence-electron chi connectivity index (χ4n) is 3.23. The van der Waals surface area contributed by atoms with E-state index in [0.29, 0.717) is 59.2 Å². The molecule has 1 fully saturated rings. The average molecular weight is 523 g/mol. The van der Waals surface area contributed by atoms with Crippen molar-refractivity contribution < 1.29 is 9.53 Å². The second-order valence-electron chi connectivity index (χ2n) is 6.84. The summed E-state index contributed by atoms with van der Waals surface area (Å²) in [6.07, 6.45) is 4.54. The molecule has 158 valence electrons. The van der Waals surface area contributed by atoms with Crippen LogP contribution in [-0.4, -0.2) is 73.5 Å². The second-order valence-corrected chi connectivity index (χ2v) is 7.86. The number of nitrogen functional groups attached to an aromatic ring is 1. The van der Waals surface area contributed by atoms with Crippen LogP contribution in [0.15, 0.2) is 18.7 Å². The van der Waals surface area contributed by atoms with E-state index in [2.05, 4.69) is 59.4 Å². The van der Waals surface area contributed by atoms with Crippen LogP contribution in [0.5, 0.6) is 0 Å². The van der Waals surface area contributed by atoms with E-state index in [4.69, 9.17) is 10.5 Å². The number of hydrogen-bond donors (Lipinski definition) is 1. The third-order valence-electron chi connectivity index (χ3n) is 4.89. The van der Waals surface area contributed by atoms with Gasteiger partial charge in [-0.05, 0) is 29.0 Å². The van der Waals surface area contributed by atoms with Crippen molar-refractivity contribution in [1.29, 1.82) is 0 Å². The zero-order valence-corrected chi connectivity index (χ0v) is 18.7. The summed E-state index contributed by atoms with van der Waals surface area (Å²) in [4.78, 5) is 33.1. The number of ether oxygens (including phenoxy) is 1. The Morgan fingerprint density at radius 2 is 1.87 bits per heavy atom. The number of carbonyl (C=O) groups excluding carboxylic acids is 1. The van der Waals surface area contributed by atoms with E-state index >= 15 is 0 Å². The van der Waals surface area contributed by atoms with E-state index < -0.39 is 0 Å². The van der Waals surface area contributed by atoms with Crippen LogP contribution in [0.1, 0.15) is 19.8 Å². The molecule has 1 saturated heterocycles. The lowest BCUT2D eigenvalue weighted by atomic mass is 10.3. The number of halogens is 1. The lowest BCUT2D eigenvalue weighted by Crippen LogP contribution is -2.49. The third kappa shape index (κ3) is 4.08. The van der Waals surface area contributed by atoms with E-state index in [1.807, 2.05) is 6.07 Å². The van der Waals surface area contributed by atoms with Gasteiger partial charge in [-0.1, -0.05) is 13.3 Å². The molecule has 30 heavy (non-hydrogen) atoms. The highest BCUT2D eigenvalue weighted by molar-refractivity contribution is 14.1. The predicted molar refractivity (Wildman–Crippen MR) is 119 cm³/mol. The smallest absolute Gasteiger partial charge is 0.409 e. The molecule has 0 aliphatic carbocycles. The van der Waals surface area contributed by atoms with Gasteiger partial charge in [0.25, 0.3) is 0 Å². The molecule has 2 N–H and O–H groups in total. The van der Waals surface area contributed by atoms with Crippen molar-refractivity contribution >= 4 is 51.4 Å². The SMILES string of the molecule is CCCCOC(=O)N1CCN(c2cc(-n3nc(I)c4c(N)ncnc43)ncn2)CC1. The zero-order chi connectivity index (χ0) is 21.1. The molecule has 12 heteroatoms. The number of nitrogens with zero attached hydrogens (tertiary/aromatic N) is 8. The summed E-state index contributed by atoms with van der Waals surface area (Å²) in [5, 5.41) is 5.22. The number of piperazine rings is 1. The van der Waals surface area contributed by atoms with Crippen molar-refractivity contribution in [2.24, 2.45) is 0 Å². The van der Waals surface area contributed by atoms with Crippen molar-refractivity contribution in [1.82, 2.24) is 34.6 Å². The second kappa shape index (κ2) is 8.93. The summed E-state index contributed by atoms with van der Waals surface area (Å²) in [5.74, 6) is 1.74. The molecule has 1 aliphatic heterocycles. The Hall–Kier alpha value is -2.77. The van der Waals surface area contributed by atoms with E-state index in [-0.39, 0.29) is 6.09 Å². The van der Waals surface area contributed by atoms with Crippen LogP contribution < -0.4 is 10.6 Å². The molecule has 0 aromatic carbocycles. The summed E-state index contributed by atoms with van der Waals surface area (Å²) < 4.78 is 7.65.